The summed E-state index contributed by atoms with van der Waals surface area (Å²) in [6.45, 7) is 1.36. The minimum Gasteiger partial charge on any atom is -0.406 e. The van der Waals surface area contributed by atoms with Crippen molar-refractivity contribution >= 4 is 21.5 Å². The zero-order valence-corrected chi connectivity index (χ0v) is 18.5. The molecule has 0 atom stereocenters. The van der Waals surface area contributed by atoms with Gasteiger partial charge in [-0.25, -0.2) is 18.4 Å². The first-order chi connectivity index (χ1) is 16.2. The van der Waals surface area contributed by atoms with Crippen molar-refractivity contribution in [1.29, 1.82) is 0 Å². The molecule has 0 aliphatic rings. The lowest BCUT2D eigenvalue weighted by Crippen LogP contribution is -2.20. The lowest BCUT2D eigenvalue weighted by atomic mass is 10.1. The maximum Gasteiger partial charge on any atom is 0.573 e. The molecule has 35 heavy (non-hydrogen) atoms. The number of nitrogens with zero attached hydrogens (tertiary/aromatic N) is 3. The maximum atomic E-state index is 12.7. The number of pyridine rings is 2. The number of hydrogen-bond acceptors (Lipinski definition) is 6. The molecule has 14 heteroatoms. The molecule has 3 rings (SSSR count). The van der Waals surface area contributed by atoms with Crippen LogP contribution in [0.25, 0.3) is 11.1 Å². The van der Waals surface area contributed by atoms with Crippen molar-refractivity contribution < 1.29 is 39.5 Å². The molecule has 0 spiro atoms. The van der Waals surface area contributed by atoms with Gasteiger partial charge in [-0.05, 0) is 35.9 Å². The van der Waals surface area contributed by atoms with Gasteiger partial charge in [-0.3, -0.25) is 4.98 Å². The molecule has 0 aliphatic heterocycles. The number of amidine groups is 1. The van der Waals surface area contributed by atoms with E-state index in [1.807, 2.05) is 0 Å². The van der Waals surface area contributed by atoms with Gasteiger partial charge < -0.3 is 10.5 Å². The van der Waals surface area contributed by atoms with E-state index in [0.717, 1.165) is 30.3 Å². The molecule has 1 aromatic carbocycles. The Balaban J connectivity index is 2.05. The highest BCUT2D eigenvalue weighted by Crippen LogP contribution is 2.31. The Hall–Kier alpha value is -3.68. The smallest absolute Gasteiger partial charge is 0.406 e. The van der Waals surface area contributed by atoms with Crippen molar-refractivity contribution in [1.82, 2.24) is 9.97 Å². The zero-order chi connectivity index (χ0) is 26.0. The van der Waals surface area contributed by atoms with Crippen molar-refractivity contribution in [3.05, 3.63) is 66.1 Å². The van der Waals surface area contributed by atoms with E-state index in [1.165, 1.54) is 25.3 Å². The molecule has 2 aromatic heterocycles. The number of rotatable bonds is 6. The monoisotopic (exact) mass is 518 g/mol. The van der Waals surface area contributed by atoms with Crippen molar-refractivity contribution in [2.75, 3.05) is 5.75 Å². The first-order valence-corrected chi connectivity index (χ1v) is 11.3. The van der Waals surface area contributed by atoms with Gasteiger partial charge in [0.15, 0.2) is 21.5 Å². The van der Waals surface area contributed by atoms with E-state index in [4.69, 9.17) is 5.73 Å². The fourth-order valence-corrected chi connectivity index (χ4v) is 3.93. The van der Waals surface area contributed by atoms with Crippen molar-refractivity contribution in [3.63, 3.8) is 0 Å². The van der Waals surface area contributed by atoms with Gasteiger partial charge in [-0.15, -0.1) is 13.2 Å². The summed E-state index contributed by atoms with van der Waals surface area (Å²) in [5.74, 6) is -1.55. The second kappa shape index (κ2) is 9.52. The van der Waals surface area contributed by atoms with Crippen molar-refractivity contribution in [2.45, 2.75) is 24.4 Å². The molecule has 2 heterocycles. The van der Waals surface area contributed by atoms with Crippen LogP contribution in [0.15, 0.2) is 64.7 Å². The van der Waals surface area contributed by atoms with Crippen molar-refractivity contribution in [3.8, 4) is 16.9 Å². The summed E-state index contributed by atoms with van der Waals surface area (Å²) in [5.41, 5.74) is 4.92. The Bertz CT molecular complexity index is 1350. The van der Waals surface area contributed by atoms with Crippen LogP contribution in [0.2, 0.25) is 0 Å². The topological polar surface area (TPSA) is 108 Å². The molecule has 0 radical (unpaired) electrons. The minimum atomic E-state index is -4.92. The van der Waals surface area contributed by atoms with Gasteiger partial charge >= 0.3 is 12.5 Å². The molecule has 0 saturated heterocycles. The van der Waals surface area contributed by atoms with E-state index in [0.29, 0.717) is 6.20 Å². The molecule has 0 aliphatic carbocycles. The van der Waals surface area contributed by atoms with Crippen LogP contribution in [0.3, 0.4) is 0 Å². The first kappa shape index (κ1) is 25.9. The van der Waals surface area contributed by atoms with Crippen LogP contribution < -0.4 is 10.5 Å². The average Bonchev–Trinajstić information content (AvgIpc) is 2.77. The Kier molecular flexibility index (Phi) is 7.06. The van der Waals surface area contributed by atoms with Crippen LogP contribution in [0.4, 0.5) is 32.2 Å². The Labute approximate surface area is 195 Å². The predicted octanol–water partition coefficient (Wildman–Crippen LogP) is 4.89. The van der Waals surface area contributed by atoms with Gasteiger partial charge in [0.05, 0.1) is 16.2 Å². The predicted molar refractivity (Wildman–Crippen MR) is 114 cm³/mol. The number of benzene rings is 1. The number of aromatic nitrogens is 2. The van der Waals surface area contributed by atoms with Gasteiger partial charge in [0, 0.05) is 18.0 Å². The molecule has 0 saturated carbocycles. The highest BCUT2D eigenvalue weighted by atomic mass is 32.2. The maximum absolute atomic E-state index is 12.7. The van der Waals surface area contributed by atoms with E-state index in [2.05, 4.69) is 19.7 Å². The number of aliphatic imine (C=N–C) groups is 1. The highest BCUT2D eigenvalue weighted by molar-refractivity contribution is 7.91. The zero-order valence-electron chi connectivity index (χ0n) is 17.7. The highest BCUT2D eigenvalue weighted by Gasteiger charge is 2.32. The van der Waals surface area contributed by atoms with E-state index in [-0.39, 0.29) is 33.3 Å². The molecule has 2 N–H and O–H groups in total. The van der Waals surface area contributed by atoms with Crippen LogP contribution >= 0.6 is 0 Å². The van der Waals surface area contributed by atoms with Crippen LogP contribution in [0.5, 0.6) is 5.75 Å². The largest absolute Gasteiger partial charge is 0.573 e. The van der Waals surface area contributed by atoms with E-state index in [1.54, 1.807) is 0 Å². The fourth-order valence-electron chi connectivity index (χ4n) is 2.86. The summed E-state index contributed by atoms with van der Waals surface area (Å²) in [7, 11) is -3.97. The van der Waals surface area contributed by atoms with Gasteiger partial charge in [-0.1, -0.05) is 19.1 Å². The van der Waals surface area contributed by atoms with Gasteiger partial charge in [0.2, 0.25) is 0 Å². The summed E-state index contributed by atoms with van der Waals surface area (Å²) in [5, 5.41) is 0. The Morgan fingerprint density at radius 2 is 1.71 bits per heavy atom. The third-order valence-corrected chi connectivity index (χ3v) is 6.26. The number of alkyl halides is 6. The standard InChI is InChI=1S/C21H16F6N4O3S/c1-2-35(32,33)16-9-13(12-4-3-5-15(8-12)34-21(25,26)27)10-30-18(16)19(28)31-17-7-6-14(11-29-17)20(22,23)24/h3-11H,2H2,1H3,(H2,28,29,31). The third-order valence-electron chi connectivity index (χ3n) is 4.52. The minimum absolute atomic E-state index is 0.147. The van der Waals surface area contributed by atoms with E-state index < -0.39 is 39.5 Å². The summed E-state index contributed by atoms with van der Waals surface area (Å²) in [6.07, 6.45) is -7.82. The van der Waals surface area contributed by atoms with E-state index >= 15 is 0 Å². The summed E-state index contributed by atoms with van der Waals surface area (Å²) < 4.78 is 105. The lowest BCUT2D eigenvalue weighted by molar-refractivity contribution is -0.274. The average molecular weight is 518 g/mol. The van der Waals surface area contributed by atoms with E-state index in [9.17, 15) is 34.8 Å². The lowest BCUT2D eigenvalue weighted by Gasteiger charge is -2.13. The van der Waals surface area contributed by atoms with Crippen molar-refractivity contribution in [2.24, 2.45) is 10.7 Å². The first-order valence-electron chi connectivity index (χ1n) is 9.66. The number of nitrogens with two attached hydrogens (primary N) is 1. The molecule has 0 amide bonds. The van der Waals surface area contributed by atoms with Crippen LogP contribution in [-0.4, -0.2) is 36.3 Å². The SMILES string of the molecule is CCS(=O)(=O)c1cc(-c2cccc(OC(F)(F)F)c2)cnc1C(N)=Nc1ccc(C(F)(F)F)cn1. The third kappa shape index (κ3) is 6.47. The summed E-state index contributed by atoms with van der Waals surface area (Å²) in [4.78, 5) is 11.1. The second-order valence-corrected chi connectivity index (χ2v) is 9.20. The fraction of sp³-hybridized carbons (Fsp3) is 0.190. The van der Waals surface area contributed by atoms with Gasteiger partial charge in [-0.2, -0.15) is 13.2 Å². The number of hydrogen-bond donors (Lipinski definition) is 1. The normalized spacial score (nSPS) is 13.1. The second-order valence-electron chi connectivity index (χ2n) is 6.95. The molecule has 7 nitrogen and oxygen atoms in total. The number of halogens is 6. The van der Waals surface area contributed by atoms with Gasteiger partial charge in [0.25, 0.3) is 0 Å². The molecule has 0 bridgehead atoms. The number of ether oxygens (including phenoxy) is 1. The quantitative estimate of drug-likeness (QED) is 0.283. The Morgan fingerprint density at radius 3 is 2.29 bits per heavy atom. The molecular weight excluding hydrogens is 502 g/mol. The van der Waals surface area contributed by atoms with Gasteiger partial charge in [0.1, 0.15) is 11.4 Å². The summed E-state index contributed by atoms with van der Waals surface area (Å²) >= 11 is 0. The Morgan fingerprint density at radius 1 is 1.00 bits per heavy atom. The summed E-state index contributed by atoms with van der Waals surface area (Å²) in [6, 6.07) is 7.67. The molecule has 186 valence electrons. The molecule has 3 aromatic rings. The molecular formula is C21H16F6N4O3S. The van der Waals surface area contributed by atoms with Crippen LogP contribution in [0.1, 0.15) is 18.2 Å². The number of sulfone groups is 1. The van der Waals surface area contributed by atoms with Crippen LogP contribution in [0, 0.1) is 0 Å². The molecule has 0 fully saturated rings. The molecule has 0 unspecified atom stereocenters. The van der Waals surface area contributed by atoms with Crippen LogP contribution in [-0.2, 0) is 16.0 Å².